The maximum absolute atomic E-state index is 11.2. The van der Waals surface area contributed by atoms with Gasteiger partial charge in [0.2, 0.25) is 0 Å². The molecule has 0 aliphatic carbocycles. The van der Waals surface area contributed by atoms with Crippen molar-refractivity contribution in [3.63, 3.8) is 0 Å². The van der Waals surface area contributed by atoms with E-state index in [-0.39, 0.29) is 11.1 Å². The zero-order valence-electron chi connectivity index (χ0n) is 6.84. The highest BCUT2D eigenvalue weighted by molar-refractivity contribution is 6.32. The van der Waals surface area contributed by atoms with Gasteiger partial charge in [-0.25, -0.2) is 9.79 Å². The molecule has 1 aliphatic heterocycles. The molecule has 0 spiro atoms. The molecule has 0 bridgehead atoms. The first kappa shape index (κ1) is 9.26. The number of carbonyl (C=O) groups is 1. The zero-order valence-corrected chi connectivity index (χ0v) is 7.60. The van der Waals surface area contributed by atoms with Gasteiger partial charge in [-0.3, -0.25) is 0 Å². The fourth-order valence-corrected chi connectivity index (χ4v) is 1.18. The smallest absolute Gasteiger partial charge is 0.337 e. The lowest BCUT2D eigenvalue weighted by Gasteiger charge is -2.09. The normalized spacial score (nSPS) is 16.5. The summed E-state index contributed by atoms with van der Waals surface area (Å²) in [5, 5.41) is 0.264. The number of hydrogen-bond acceptors (Lipinski definition) is 3. The number of hydrogen-bond donors (Lipinski definition) is 0. The van der Waals surface area contributed by atoms with Gasteiger partial charge in [-0.1, -0.05) is 11.6 Å². The van der Waals surface area contributed by atoms with Crippen LogP contribution in [-0.4, -0.2) is 18.8 Å². The molecule has 0 aromatic heterocycles. The third-order valence-electron chi connectivity index (χ3n) is 1.50. The van der Waals surface area contributed by atoms with Crippen LogP contribution in [0, 0.1) is 0 Å². The number of esters is 1. The highest BCUT2D eigenvalue weighted by atomic mass is 35.5. The van der Waals surface area contributed by atoms with E-state index in [1.165, 1.54) is 0 Å². The minimum atomic E-state index is -0.348. The number of carbonyl (C=O) groups excluding carboxylic acids is 1. The molecule has 12 heavy (non-hydrogen) atoms. The maximum atomic E-state index is 11.2. The first-order valence-electron chi connectivity index (χ1n) is 3.84. The van der Waals surface area contributed by atoms with Gasteiger partial charge in [0, 0.05) is 6.21 Å². The molecule has 0 atom stereocenters. The Kier molecular flexibility index (Phi) is 3.29. The van der Waals surface area contributed by atoms with Gasteiger partial charge >= 0.3 is 5.97 Å². The molecular weight excluding hydrogens is 178 g/mol. The van der Waals surface area contributed by atoms with Crippen molar-refractivity contribution < 1.29 is 9.53 Å². The van der Waals surface area contributed by atoms with Crippen molar-refractivity contribution in [1.82, 2.24) is 0 Å². The Morgan fingerprint density at radius 3 is 3.17 bits per heavy atom. The van der Waals surface area contributed by atoms with Crippen LogP contribution in [0.5, 0.6) is 0 Å². The van der Waals surface area contributed by atoms with Crippen LogP contribution in [0.4, 0.5) is 0 Å². The quantitative estimate of drug-likeness (QED) is 0.489. The number of nitrogens with zero attached hydrogens (tertiary/aromatic N) is 1. The summed E-state index contributed by atoms with van der Waals surface area (Å²) < 4.78 is 4.80. The van der Waals surface area contributed by atoms with Gasteiger partial charge in [-0.2, -0.15) is 0 Å². The lowest BCUT2D eigenvalue weighted by atomic mass is 10.1. The Labute approximate surface area is 76.1 Å². The van der Waals surface area contributed by atoms with Crippen molar-refractivity contribution in [2.24, 2.45) is 4.99 Å². The van der Waals surface area contributed by atoms with Crippen molar-refractivity contribution in [2.75, 3.05) is 6.61 Å². The molecule has 4 heteroatoms. The molecule has 66 valence electrons. The second-order valence-electron chi connectivity index (χ2n) is 2.34. The average Bonchev–Trinajstić information content (AvgIpc) is 2.05. The fraction of sp³-hybridized carbons (Fsp3) is 0.500. The molecule has 0 aromatic carbocycles. The van der Waals surface area contributed by atoms with Gasteiger partial charge in [0.25, 0.3) is 0 Å². The highest BCUT2D eigenvalue weighted by Gasteiger charge is 2.16. The van der Waals surface area contributed by atoms with Gasteiger partial charge in [0.15, 0.2) is 0 Å². The molecule has 1 heterocycles. The first-order valence-corrected chi connectivity index (χ1v) is 4.21. The van der Waals surface area contributed by atoms with E-state index < -0.39 is 0 Å². The summed E-state index contributed by atoms with van der Waals surface area (Å²) in [7, 11) is 0. The molecule has 0 saturated carbocycles. The van der Waals surface area contributed by atoms with E-state index >= 15 is 0 Å². The lowest BCUT2D eigenvalue weighted by Crippen LogP contribution is -2.10. The van der Waals surface area contributed by atoms with Crippen molar-refractivity contribution in [1.29, 1.82) is 0 Å². The molecular formula is C8H10ClNO2. The second kappa shape index (κ2) is 4.26. The molecule has 1 aliphatic rings. The van der Waals surface area contributed by atoms with E-state index in [1.807, 2.05) is 0 Å². The first-order chi connectivity index (χ1) is 5.75. The Balaban J connectivity index is 2.71. The largest absolute Gasteiger partial charge is 0.463 e. The van der Waals surface area contributed by atoms with Gasteiger partial charge in [-0.05, 0) is 19.8 Å². The molecule has 0 saturated heterocycles. The topological polar surface area (TPSA) is 38.7 Å². The number of aliphatic imine (C=N–C) groups is 1. The predicted octanol–water partition coefficient (Wildman–Crippen LogP) is 1.86. The third-order valence-corrected chi connectivity index (χ3v) is 1.82. The Morgan fingerprint density at radius 1 is 1.83 bits per heavy atom. The minimum absolute atomic E-state index is 0.264. The van der Waals surface area contributed by atoms with Crippen LogP contribution in [0.3, 0.4) is 0 Å². The standard InChI is InChI=1S/C8H10ClNO2/c1-2-12-8(11)6-4-3-5-10-7(6)9/h5H,2-4H2,1H3. The SMILES string of the molecule is CCOC(=O)C1=C(Cl)N=CCC1. The molecule has 0 fully saturated rings. The van der Waals surface area contributed by atoms with Crippen LogP contribution in [0.1, 0.15) is 19.8 Å². The van der Waals surface area contributed by atoms with Crippen LogP contribution in [0.15, 0.2) is 15.7 Å². The Hall–Kier alpha value is -0.830. The van der Waals surface area contributed by atoms with Gasteiger partial charge in [-0.15, -0.1) is 0 Å². The fourth-order valence-electron chi connectivity index (χ4n) is 0.939. The minimum Gasteiger partial charge on any atom is -0.463 e. The zero-order chi connectivity index (χ0) is 8.97. The second-order valence-corrected chi connectivity index (χ2v) is 2.70. The molecule has 0 N–H and O–H groups in total. The molecule has 0 amide bonds. The number of halogens is 1. The van der Waals surface area contributed by atoms with E-state index in [0.717, 1.165) is 6.42 Å². The van der Waals surface area contributed by atoms with E-state index in [0.29, 0.717) is 18.6 Å². The van der Waals surface area contributed by atoms with Gasteiger partial charge in [0.05, 0.1) is 12.2 Å². The van der Waals surface area contributed by atoms with Crippen molar-refractivity contribution in [3.05, 3.63) is 10.7 Å². The van der Waals surface area contributed by atoms with Crippen molar-refractivity contribution >= 4 is 23.8 Å². The monoisotopic (exact) mass is 187 g/mol. The van der Waals surface area contributed by atoms with Crippen molar-refractivity contribution in [2.45, 2.75) is 19.8 Å². The summed E-state index contributed by atoms with van der Waals surface area (Å²) in [4.78, 5) is 15.0. The Bertz CT molecular complexity index is 245. The number of rotatable bonds is 2. The summed E-state index contributed by atoms with van der Waals surface area (Å²) in [5.74, 6) is -0.348. The van der Waals surface area contributed by atoms with Crippen LogP contribution < -0.4 is 0 Å². The molecule has 3 nitrogen and oxygen atoms in total. The third kappa shape index (κ3) is 2.08. The lowest BCUT2D eigenvalue weighted by molar-refractivity contribution is -0.138. The summed E-state index contributed by atoms with van der Waals surface area (Å²) in [5.41, 5.74) is 0.487. The predicted molar refractivity (Wildman–Crippen MR) is 47.2 cm³/mol. The van der Waals surface area contributed by atoms with Gasteiger partial charge < -0.3 is 4.74 Å². The molecule has 1 rings (SSSR count). The number of ether oxygens (including phenoxy) is 1. The summed E-state index contributed by atoms with van der Waals surface area (Å²) >= 11 is 5.69. The maximum Gasteiger partial charge on any atom is 0.337 e. The average molecular weight is 188 g/mol. The summed E-state index contributed by atoms with van der Waals surface area (Å²) in [6, 6.07) is 0. The van der Waals surface area contributed by atoms with E-state index in [2.05, 4.69) is 4.99 Å². The van der Waals surface area contributed by atoms with Gasteiger partial charge in [0.1, 0.15) is 5.16 Å². The van der Waals surface area contributed by atoms with Crippen LogP contribution in [0.25, 0.3) is 0 Å². The molecule has 0 unspecified atom stereocenters. The van der Waals surface area contributed by atoms with E-state index in [9.17, 15) is 4.79 Å². The van der Waals surface area contributed by atoms with E-state index in [4.69, 9.17) is 16.3 Å². The Morgan fingerprint density at radius 2 is 2.58 bits per heavy atom. The highest BCUT2D eigenvalue weighted by Crippen LogP contribution is 2.20. The van der Waals surface area contributed by atoms with Crippen LogP contribution in [0.2, 0.25) is 0 Å². The molecule has 0 aromatic rings. The summed E-state index contributed by atoms with van der Waals surface area (Å²) in [6.07, 6.45) is 3.08. The van der Waals surface area contributed by atoms with Crippen molar-refractivity contribution in [3.8, 4) is 0 Å². The summed E-state index contributed by atoms with van der Waals surface area (Å²) in [6.45, 7) is 2.13. The van der Waals surface area contributed by atoms with E-state index in [1.54, 1.807) is 13.1 Å². The molecule has 0 radical (unpaired) electrons. The van der Waals surface area contributed by atoms with Crippen LogP contribution in [-0.2, 0) is 9.53 Å². The van der Waals surface area contributed by atoms with Crippen LogP contribution >= 0.6 is 11.6 Å².